The third kappa shape index (κ3) is 8.71. The first-order valence-corrected chi connectivity index (χ1v) is 11.5. The zero-order valence-electron chi connectivity index (χ0n) is 18.3. The Morgan fingerprint density at radius 1 is 1.00 bits per heavy atom. The molecule has 5 atom stereocenters. The molecule has 1 aromatic carbocycles. The number of halogens is 3. The summed E-state index contributed by atoms with van der Waals surface area (Å²) in [7, 11) is 0. The Hall–Kier alpha value is -1.64. The summed E-state index contributed by atoms with van der Waals surface area (Å²) >= 11 is 0. The molecule has 0 saturated heterocycles. The molecule has 32 heavy (non-hydrogen) atoms. The van der Waals surface area contributed by atoms with Crippen molar-refractivity contribution >= 4 is 5.97 Å². The first kappa shape index (κ1) is 26.6. The lowest BCUT2D eigenvalue weighted by Crippen LogP contribution is -2.24. The third-order valence-electron chi connectivity index (χ3n) is 6.55. The van der Waals surface area contributed by atoms with Crippen LogP contribution in [0.2, 0.25) is 0 Å². The zero-order chi connectivity index (χ0) is 23.7. The highest BCUT2D eigenvalue weighted by Crippen LogP contribution is 2.39. The maximum absolute atomic E-state index is 12.8. The minimum atomic E-state index is -4.39. The van der Waals surface area contributed by atoms with Crippen molar-refractivity contribution in [2.75, 3.05) is 0 Å². The molecular weight excluding hydrogens is 425 g/mol. The van der Waals surface area contributed by atoms with E-state index in [-0.39, 0.29) is 18.3 Å². The number of aliphatic carboxylic acids is 1. The Morgan fingerprint density at radius 3 is 2.31 bits per heavy atom. The largest absolute Gasteiger partial charge is 0.481 e. The fourth-order valence-corrected chi connectivity index (χ4v) is 4.76. The molecule has 1 aliphatic carbocycles. The lowest BCUT2D eigenvalue weighted by atomic mass is 9.84. The molecule has 4 N–H and O–H groups in total. The van der Waals surface area contributed by atoms with Gasteiger partial charge in [0.15, 0.2) is 0 Å². The van der Waals surface area contributed by atoms with Crippen LogP contribution in [0, 0.1) is 11.8 Å². The number of rotatable bonds is 13. The molecule has 0 spiro atoms. The Balaban J connectivity index is 1.75. The molecule has 0 bridgehead atoms. The van der Waals surface area contributed by atoms with Gasteiger partial charge in [-0.15, -0.1) is 0 Å². The SMILES string of the molecule is O=C(O)CCCCCCC1C(CC[C@@H](O)CCc2cccc(C(F)(F)F)c2)[C@H](O)C[C@@H]1O. The number of hydrogen-bond donors (Lipinski definition) is 4. The number of carbonyl (C=O) groups is 1. The van der Waals surface area contributed by atoms with Crippen molar-refractivity contribution in [1.29, 1.82) is 0 Å². The fourth-order valence-electron chi connectivity index (χ4n) is 4.76. The van der Waals surface area contributed by atoms with Gasteiger partial charge in [-0.25, -0.2) is 0 Å². The highest BCUT2D eigenvalue weighted by atomic mass is 19.4. The first-order valence-electron chi connectivity index (χ1n) is 11.5. The van der Waals surface area contributed by atoms with Crippen LogP contribution in [0.4, 0.5) is 13.2 Å². The molecular formula is C24H35F3O5. The van der Waals surface area contributed by atoms with Crippen LogP contribution in [0.15, 0.2) is 24.3 Å². The summed E-state index contributed by atoms with van der Waals surface area (Å²) in [4.78, 5) is 10.5. The molecule has 1 aromatic rings. The molecule has 8 heteroatoms. The van der Waals surface area contributed by atoms with E-state index in [1.165, 1.54) is 6.07 Å². The lowest BCUT2D eigenvalue weighted by molar-refractivity contribution is -0.138. The molecule has 1 fully saturated rings. The van der Waals surface area contributed by atoms with Gasteiger partial charge in [0, 0.05) is 6.42 Å². The molecule has 1 saturated carbocycles. The number of alkyl halides is 3. The molecule has 5 nitrogen and oxygen atoms in total. The van der Waals surface area contributed by atoms with Gasteiger partial charge in [-0.2, -0.15) is 13.2 Å². The number of benzene rings is 1. The molecule has 0 aromatic heterocycles. The molecule has 2 rings (SSSR count). The summed E-state index contributed by atoms with van der Waals surface area (Å²) in [5.74, 6) is -0.974. The summed E-state index contributed by atoms with van der Waals surface area (Å²) in [6.45, 7) is 0. The van der Waals surface area contributed by atoms with E-state index in [4.69, 9.17) is 5.11 Å². The first-order chi connectivity index (χ1) is 15.1. The van der Waals surface area contributed by atoms with E-state index in [2.05, 4.69) is 0 Å². The monoisotopic (exact) mass is 460 g/mol. The maximum atomic E-state index is 12.8. The van der Waals surface area contributed by atoms with Crippen molar-refractivity contribution in [2.45, 2.75) is 95.1 Å². The number of hydrogen-bond acceptors (Lipinski definition) is 4. The van der Waals surface area contributed by atoms with Crippen molar-refractivity contribution in [3.8, 4) is 0 Å². The van der Waals surface area contributed by atoms with Gasteiger partial charge in [0.2, 0.25) is 0 Å². The predicted molar refractivity (Wildman–Crippen MR) is 114 cm³/mol. The molecule has 182 valence electrons. The van der Waals surface area contributed by atoms with E-state index in [1.54, 1.807) is 6.07 Å². The van der Waals surface area contributed by atoms with Gasteiger partial charge >= 0.3 is 12.1 Å². The minimum Gasteiger partial charge on any atom is -0.481 e. The van der Waals surface area contributed by atoms with Crippen molar-refractivity contribution in [2.24, 2.45) is 11.8 Å². The third-order valence-corrected chi connectivity index (χ3v) is 6.55. The van der Waals surface area contributed by atoms with E-state index < -0.39 is 36.0 Å². The number of carboxylic acids is 1. The Labute approximate surface area is 187 Å². The summed E-state index contributed by atoms with van der Waals surface area (Å²) < 4.78 is 38.5. The van der Waals surface area contributed by atoms with Crippen LogP contribution in [-0.4, -0.2) is 44.7 Å². The highest BCUT2D eigenvalue weighted by molar-refractivity contribution is 5.66. The average Bonchev–Trinajstić information content (AvgIpc) is 2.99. The minimum absolute atomic E-state index is 0.0554. The summed E-state index contributed by atoms with van der Waals surface area (Å²) in [5.41, 5.74) is -0.172. The number of aliphatic hydroxyl groups is 3. The molecule has 0 radical (unpaired) electrons. The quantitative estimate of drug-likeness (QED) is 0.324. The van der Waals surface area contributed by atoms with Crippen LogP contribution in [0.3, 0.4) is 0 Å². The van der Waals surface area contributed by atoms with E-state index in [0.29, 0.717) is 44.1 Å². The van der Waals surface area contributed by atoms with Gasteiger partial charge in [-0.3, -0.25) is 4.79 Å². The van der Waals surface area contributed by atoms with Gasteiger partial charge in [-0.05, 0) is 68.4 Å². The maximum Gasteiger partial charge on any atom is 0.416 e. The van der Waals surface area contributed by atoms with Crippen LogP contribution in [-0.2, 0) is 17.4 Å². The predicted octanol–water partition coefficient (Wildman–Crippen LogP) is 4.56. The van der Waals surface area contributed by atoms with Crippen molar-refractivity contribution in [3.05, 3.63) is 35.4 Å². The topological polar surface area (TPSA) is 98.0 Å². The van der Waals surface area contributed by atoms with Crippen LogP contribution >= 0.6 is 0 Å². The van der Waals surface area contributed by atoms with Crippen molar-refractivity contribution in [1.82, 2.24) is 0 Å². The Kier molecular flexibility index (Phi) is 10.4. The number of aryl methyl sites for hydroxylation is 1. The van der Waals surface area contributed by atoms with E-state index >= 15 is 0 Å². The smallest absolute Gasteiger partial charge is 0.416 e. The summed E-state index contributed by atoms with van der Waals surface area (Å²) in [5, 5.41) is 39.7. The van der Waals surface area contributed by atoms with Gasteiger partial charge in [0.1, 0.15) is 0 Å². The lowest BCUT2D eigenvalue weighted by Gasteiger charge is -2.24. The highest BCUT2D eigenvalue weighted by Gasteiger charge is 2.40. The van der Waals surface area contributed by atoms with E-state index in [1.807, 2.05) is 0 Å². The van der Waals surface area contributed by atoms with Gasteiger partial charge in [-0.1, -0.05) is 37.5 Å². The average molecular weight is 461 g/mol. The van der Waals surface area contributed by atoms with E-state index in [0.717, 1.165) is 37.8 Å². The second kappa shape index (κ2) is 12.6. The number of carboxylic acid groups (broad SMARTS) is 1. The zero-order valence-corrected chi connectivity index (χ0v) is 18.3. The molecule has 2 unspecified atom stereocenters. The van der Waals surface area contributed by atoms with Crippen LogP contribution in [0.25, 0.3) is 0 Å². The van der Waals surface area contributed by atoms with Crippen LogP contribution in [0.1, 0.15) is 75.3 Å². The standard InChI is InChI=1S/C24H35F3O5/c25-24(26,27)17-7-5-6-16(14-17)10-11-18(28)12-13-20-19(21(29)15-22(20)30)8-3-1-2-4-9-23(31)32/h5-7,14,18-22,28-30H,1-4,8-13,15H2,(H,31,32)/t18-,19?,20?,21-,22+/m0/s1. The number of unbranched alkanes of at least 4 members (excludes halogenated alkanes) is 3. The summed E-state index contributed by atoms with van der Waals surface area (Å²) in [6, 6.07) is 5.12. The van der Waals surface area contributed by atoms with Gasteiger partial charge < -0.3 is 20.4 Å². The second-order valence-corrected chi connectivity index (χ2v) is 9.01. The molecule has 1 aliphatic rings. The van der Waals surface area contributed by atoms with Crippen LogP contribution in [0.5, 0.6) is 0 Å². The molecule has 0 heterocycles. The van der Waals surface area contributed by atoms with E-state index in [9.17, 15) is 33.3 Å². The van der Waals surface area contributed by atoms with Gasteiger partial charge in [0.25, 0.3) is 0 Å². The fraction of sp³-hybridized carbons (Fsp3) is 0.708. The summed E-state index contributed by atoms with van der Waals surface area (Å²) in [6.07, 6.45) is -0.267. The van der Waals surface area contributed by atoms with Gasteiger partial charge in [0.05, 0.1) is 23.9 Å². The number of aliphatic hydroxyl groups excluding tert-OH is 3. The Bertz CT molecular complexity index is 709. The Morgan fingerprint density at radius 2 is 1.66 bits per heavy atom. The van der Waals surface area contributed by atoms with Crippen molar-refractivity contribution in [3.63, 3.8) is 0 Å². The van der Waals surface area contributed by atoms with Crippen molar-refractivity contribution < 1.29 is 38.4 Å². The molecule has 0 amide bonds. The normalized spacial score (nSPS) is 24.6. The second-order valence-electron chi connectivity index (χ2n) is 9.01. The van der Waals surface area contributed by atoms with Crippen LogP contribution < -0.4 is 0 Å². The molecule has 0 aliphatic heterocycles.